The van der Waals surface area contributed by atoms with Crippen molar-refractivity contribution in [2.75, 3.05) is 26.9 Å². The Labute approximate surface area is 208 Å². The summed E-state index contributed by atoms with van der Waals surface area (Å²) < 4.78 is 15.7. The molecule has 2 aliphatic rings. The van der Waals surface area contributed by atoms with Crippen molar-refractivity contribution in [3.05, 3.63) is 0 Å². The van der Waals surface area contributed by atoms with Gasteiger partial charge in [0.05, 0.1) is 31.2 Å². The van der Waals surface area contributed by atoms with Crippen molar-refractivity contribution in [1.29, 1.82) is 0 Å². The number of hydrogen-bond acceptors (Lipinski definition) is 7. The summed E-state index contributed by atoms with van der Waals surface area (Å²) in [4.78, 5) is 28.3. The fourth-order valence-electron chi connectivity index (χ4n) is 4.61. The second-order valence-electron chi connectivity index (χ2n) is 10.2. The van der Waals surface area contributed by atoms with E-state index in [-0.39, 0.29) is 36.0 Å². The van der Waals surface area contributed by atoms with Gasteiger partial charge in [0.25, 0.3) is 0 Å². The molecule has 0 spiro atoms. The molecule has 0 aromatic carbocycles. The number of carbonyl (C=O) groups is 2. The molecule has 1 aliphatic carbocycles. The Bertz CT molecular complexity index is 549. The highest BCUT2D eigenvalue weighted by Crippen LogP contribution is 2.30. The summed E-state index contributed by atoms with van der Waals surface area (Å²) in [7, 11) is 1.43. The minimum Gasteiger partial charge on any atom is -0.469 e. The first kappa shape index (κ1) is 30.9. The number of methoxy groups -OCH3 is 1. The molecule has 2 rings (SSSR count). The van der Waals surface area contributed by atoms with Crippen LogP contribution >= 0.6 is 0 Å². The van der Waals surface area contributed by atoms with Gasteiger partial charge in [0, 0.05) is 19.8 Å². The maximum atomic E-state index is 12.0. The van der Waals surface area contributed by atoms with Crippen LogP contribution in [0.15, 0.2) is 0 Å². The molecule has 4 unspecified atom stereocenters. The van der Waals surface area contributed by atoms with Crippen LogP contribution in [-0.2, 0) is 28.6 Å². The molecule has 0 aromatic rings. The Morgan fingerprint density at radius 1 is 1.09 bits per heavy atom. The lowest BCUT2D eigenvalue weighted by Gasteiger charge is -2.26. The largest absolute Gasteiger partial charge is 0.469 e. The summed E-state index contributed by atoms with van der Waals surface area (Å²) >= 11 is 0. The van der Waals surface area contributed by atoms with Crippen LogP contribution in [0.3, 0.4) is 0 Å². The van der Waals surface area contributed by atoms with Crippen molar-refractivity contribution in [3.63, 3.8) is 0 Å². The molecular weight excluding hydrogens is 434 g/mol. The molecule has 1 aliphatic heterocycles. The second-order valence-corrected chi connectivity index (χ2v) is 10.2. The van der Waals surface area contributed by atoms with E-state index < -0.39 is 0 Å². The molecule has 1 heterocycles. The molecule has 1 saturated heterocycles. The summed E-state index contributed by atoms with van der Waals surface area (Å²) in [5, 5.41) is 0. The van der Waals surface area contributed by atoms with E-state index in [0.717, 1.165) is 63.5 Å². The molecule has 0 aromatic heterocycles. The Morgan fingerprint density at radius 2 is 1.79 bits per heavy atom. The van der Waals surface area contributed by atoms with Crippen molar-refractivity contribution in [2.45, 2.75) is 111 Å². The van der Waals surface area contributed by atoms with E-state index in [2.05, 4.69) is 31.0 Å². The van der Waals surface area contributed by atoms with Crippen molar-refractivity contribution < 1.29 is 28.6 Å². The van der Waals surface area contributed by atoms with Crippen molar-refractivity contribution in [2.24, 2.45) is 23.7 Å². The van der Waals surface area contributed by atoms with E-state index in [1.165, 1.54) is 32.8 Å². The standard InChI is InChI=1S/C19H37NO3.C8H14O3/c1-5-13-22-18(6-2)14-16(4)19(21)23-20-12-11-17-9-7-15(3)8-10-17;1-6-5-7(3-4-11-6)8(9)10-2/h15-18,20H,5-14H2,1-4H3;6-7H,3-5H2,1-2H3. The Balaban J connectivity index is 0.000000437. The minimum absolute atomic E-state index is 0.0590. The summed E-state index contributed by atoms with van der Waals surface area (Å²) in [6, 6.07) is 0. The minimum atomic E-state index is -0.166. The molecule has 0 radical (unpaired) electrons. The molecule has 2 fully saturated rings. The lowest BCUT2D eigenvalue weighted by Crippen LogP contribution is -2.29. The van der Waals surface area contributed by atoms with Crippen molar-refractivity contribution >= 4 is 11.9 Å². The predicted octanol–water partition coefficient (Wildman–Crippen LogP) is 5.46. The van der Waals surface area contributed by atoms with Crippen LogP contribution in [0.5, 0.6) is 0 Å². The first-order valence-electron chi connectivity index (χ1n) is 13.5. The van der Waals surface area contributed by atoms with Crippen molar-refractivity contribution in [3.8, 4) is 0 Å². The van der Waals surface area contributed by atoms with Crippen LogP contribution in [-0.4, -0.2) is 51.0 Å². The molecule has 34 heavy (non-hydrogen) atoms. The zero-order valence-corrected chi connectivity index (χ0v) is 22.6. The zero-order valence-electron chi connectivity index (χ0n) is 22.6. The maximum absolute atomic E-state index is 12.0. The molecule has 4 atom stereocenters. The van der Waals surface area contributed by atoms with Gasteiger partial charge in [-0.05, 0) is 57.3 Å². The van der Waals surface area contributed by atoms with E-state index in [1.54, 1.807) is 0 Å². The lowest BCUT2D eigenvalue weighted by atomic mass is 9.81. The SMILES string of the molecule is CCCOC(CC)CC(C)C(=O)ONCCC1CCC(C)CC1.COC(=O)C1CCOC(C)C1. The van der Waals surface area contributed by atoms with Gasteiger partial charge in [-0.3, -0.25) is 9.59 Å². The van der Waals surface area contributed by atoms with Gasteiger partial charge in [-0.25, -0.2) is 0 Å². The van der Waals surface area contributed by atoms with Gasteiger partial charge in [-0.1, -0.05) is 53.4 Å². The van der Waals surface area contributed by atoms with Crippen LogP contribution in [0, 0.1) is 23.7 Å². The van der Waals surface area contributed by atoms with E-state index >= 15 is 0 Å². The number of ether oxygens (including phenoxy) is 3. The quantitative estimate of drug-likeness (QED) is 0.223. The predicted molar refractivity (Wildman–Crippen MR) is 134 cm³/mol. The molecule has 200 valence electrons. The number of rotatable bonds is 12. The van der Waals surface area contributed by atoms with Crippen molar-refractivity contribution in [1.82, 2.24) is 5.48 Å². The highest BCUT2D eigenvalue weighted by molar-refractivity contribution is 5.72. The van der Waals surface area contributed by atoms with E-state index in [4.69, 9.17) is 14.3 Å². The van der Waals surface area contributed by atoms with Gasteiger partial charge < -0.3 is 19.0 Å². The van der Waals surface area contributed by atoms with E-state index in [9.17, 15) is 9.59 Å². The number of hydroxylamine groups is 1. The normalized spacial score (nSPS) is 26.5. The zero-order chi connectivity index (χ0) is 25.3. The number of hydrogen-bond donors (Lipinski definition) is 1. The third-order valence-corrected chi connectivity index (χ3v) is 7.01. The highest BCUT2D eigenvalue weighted by atomic mass is 16.7. The van der Waals surface area contributed by atoms with Crippen LogP contribution in [0.4, 0.5) is 0 Å². The summed E-state index contributed by atoms with van der Waals surface area (Å²) in [5.74, 6) is 1.35. The molecule has 0 amide bonds. The average molecular weight is 486 g/mol. The molecule has 7 heteroatoms. The van der Waals surface area contributed by atoms with E-state index in [1.807, 2.05) is 13.8 Å². The van der Waals surface area contributed by atoms with Crippen LogP contribution in [0.1, 0.15) is 98.8 Å². The topological polar surface area (TPSA) is 83.1 Å². The smallest absolute Gasteiger partial charge is 0.327 e. The first-order chi connectivity index (χ1) is 16.3. The molecular formula is C27H51NO6. The summed E-state index contributed by atoms with van der Waals surface area (Å²) in [6.45, 7) is 12.6. The average Bonchev–Trinajstić information content (AvgIpc) is 2.85. The number of carbonyl (C=O) groups excluding carboxylic acids is 2. The van der Waals surface area contributed by atoms with Crippen LogP contribution in [0.2, 0.25) is 0 Å². The van der Waals surface area contributed by atoms with Gasteiger partial charge in [-0.15, -0.1) is 0 Å². The Morgan fingerprint density at radius 3 is 2.38 bits per heavy atom. The van der Waals surface area contributed by atoms with Gasteiger partial charge in [0.2, 0.25) is 0 Å². The fraction of sp³-hybridized carbons (Fsp3) is 0.926. The Kier molecular flexibility index (Phi) is 16.5. The highest BCUT2D eigenvalue weighted by Gasteiger charge is 2.26. The van der Waals surface area contributed by atoms with Gasteiger partial charge in [-0.2, -0.15) is 5.48 Å². The molecule has 1 saturated carbocycles. The van der Waals surface area contributed by atoms with Gasteiger partial charge in [0.15, 0.2) is 0 Å². The molecule has 1 N–H and O–H groups in total. The molecule has 7 nitrogen and oxygen atoms in total. The van der Waals surface area contributed by atoms with Crippen LogP contribution < -0.4 is 5.48 Å². The Hall–Kier alpha value is -1.18. The third-order valence-electron chi connectivity index (χ3n) is 7.01. The van der Waals surface area contributed by atoms with E-state index in [0.29, 0.717) is 6.61 Å². The fourth-order valence-corrected chi connectivity index (χ4v) is 4.61. The van der Waals surface area contributed by atoms with Gasteiger partial charge >= 0.3 is 11.9 Å². The lowest BCUT2D eigenvalue weighted by molar-refractivity contribution is -0.157. The second kappa shape index (κ2) is 18.1. The van der Waals surface area contributed by atoms with Gasteiger partial charge in [0.1, 0.15) is 0 Å². The first-order valence-corrected chi connectivity index (χ1v) is 13.5. The monoisotopic (exact) mass is 485 g/mol. The number of esters is 1. The molecule has 0 bridgehead atoms. The van der Waals surface area contributed by atoms with Crippen LogP contribution in [0.25, 0.3) is 0 Å². The maximum Gasteiger partial charge on any atom is 0.327 e. The summed E-state index contributed by atoms with van der Waals surface area (Å²) in [5.41, 5.74) is 2.87. The number of nitrogens with one attached hydrogen (secondary N) is 1. The third kappa shape index (κ3) is 13.1. The summed E-state index contributed by atoms with van der Waals surface area (Å²) in [6.07, 6.45) is 11.1.